The lowest BCUT2D eigenvalue weighted by Crippen LogP contribution is -2.45. The fraction of sp³-hybridized carbons (Fsp3) is 0.588. The molecule has 0 aromatic heterocycles. The monoisotopic (exact) mass is 338 g/mol. The van der Waals surface area contributed by atoms with Crippen LogP contribution in [0.5, 0.6) is 0 Å². The van der Waals surface area contributed by atoms with Crippen molar-refractivity contribution in [2.75, 3.05) is 31.1 Å². The van der Waals surface area contributed by atoms with E-state index in [1.165, 1.54) is 0 Å². The van der Waals surface area contributed by atoms with Crippen LogP contribution in [0.15, 0.2) is 30.3 Å². The Balaban J connectivity index is 1.69. The zero-order valence-corrected chi connectivity index (χ0v) is 14.5. The summed E-state index contributed by atoms with van der Waals surface area (Å²) in [6.45, 7) is 3.89. The molecule has 0 unspecified atom stereocenters. The molecule has 1 aromatic carbocycles. The molecule has 0 bridgehead atoms. The molecule has 1 saturated heterocycles. The Bertz CT molecular complexity index is 594. The SMILES string of the molecule is CC1CCN(C(=O)NCCS(=O)(=O)CCc2ccccc2)CC1. The lowest BCUT2D eigenvalue weighted by atomic mass is 10.00. The third kappa shape index (κ3) is 6.22. The summed E-state index contributed by atoms with van der Waals surface area (Å²) in [5.41, 5.74) is 1.02. The predicted molar refractivity (Wildman–Crippen MR) is 92.2 cm³/mol. The van der Waals surface area contributed by atoms with E-state index >= 15 is 0 Å². The molecule has 0 spiro atoms. The van der Waals surface area contributed by atoms with Crippen LogP contribution in [0.4, 0.5) is 4.79 Å². The first-order valence-corrected chi connectivity index (χ1v) is 10.1. The predicted octanol–water partition coefficient (Wildman–Crippen LogP) is 2.09. The quantitative estimate of drug-likeness (QED) is 0.864. The number of hydrogen-bond donors (Lipinski definition) is 1. The Kier molecular flexibility index (Phi) is 6.45. The minimum Gasteiger partial charge on any atom is -0.337 e. The summed E-state index contributed by atoms with van der Waals surface area (Å²) in [6.07, 6.45) is 2.55. The number of aryl methyl sites for hydroxylation is 1. The van der Waals surface area contributed by atoms with Crippen LogP contribution in [0.25, 0.3) is 0 Å². The Labute approximate surface area is 139 Å². The molecule has 5 nitrogen and oxygen atoms in total. The third-order valence-corrected chi connectivity index (χ3v) is 5.96. The summed E-state index contributed by atoms with van der Waals surface area (Å²) >= 11 is 0. The van der Waals surface area contributed by atoms with Crippen molar-refractivity contribution >= 4 is 15.9 Å². The average molecular weight is 338 g/mol. The van der Waals surface area contributed by atoms with Crippen molar-refractivity contribution in [2.45, 2.75) is 26.2 Å². The molecule has 1 aliphatic heterocycles. The zero-order valence-electron chi connectivity index (χ0n) is 13.7. The molecule has 2 amide bonds. The Morgan fingerprint density at radius 2 is 1.83 bits per heavy atom. The number of likely N-dealkylation sites (tertiary alicyclic amines) is 1. The van der Waals surface area contributed by atoms with E-state index in [4.69, 9.17) is 0 Å². The van der Waals surface area contributed by atoms with E-state index in [0.717, 1.165) is 31.5 Å². The molecule has 0 saturated carbocycles. The maximum atomic E-state index is 12.0. The number of nitrogens with one attached hydrogen (secondary N) is 1. The van der Waals surface area contributed by atoms with Gasteiger partial charge in [-0.2, -0.15) is 0 Å². The number of rotatable bonds is 6. The van der Waals surface area contributed by atoms with Gasteiger partial charge < -0.3 is 10.2 Å². The summed E-state index contributed by atoms with van der Waals surface area (Å²) in [6, 6.07) is 9.43. The smallest absolute Gasteiger partial charge is 0.317 e. The molecule has 1 fully saturated rings. The normalized spacial score (nSPS) is 16.3. The molecule has 1 aromatic rings. The molecule has 1 aliphatic rings. The highest BCUT2D eigenvalue weighted by atomic mass is 32.2. The van der Waals surface area contributed by atoms with Crippen molar-refractivity contribution in [3.63, 3.8) is 0 Å². The average Bonchev–Trinajstić information content (AvgIpc) is 2.54. The first-order chi connectivity index (χ1) is 11.0. The number of nitrogens with zero attached hydrogens (tertiary/aromatic N) is 1. The molecule has 2 rings (SSSR count). The maximum absolute atomic E-state index is 12.0. The van der Waals surface area contributed by atoms with Crippen LogP contribution in [-0.4, -0.2) is 50.5 Å². The van der Waals surface area contributed by atoms with Crippen LogP contribution in [-0.2, 0) is 16.3 Å². The fourth-order valence-corrected chi connectivity index (χ4v) is 3.82. The van der Waals surface area contributed by atoms with Crippen molar-refractivity contribution in [3.8, 4) is 0 Å². The summed E-state index contributed by atoms with van der Waals surface area (Å²) in [5, 5.41) is 2.73. The fourth-order valence-electron chi connectivity index (χ4n) is 2.66. The topological polar surface area (TPSA) is 66.5 Å². The second-order valence-corrected chi connectivity index (χ2v) is 8.59. The van der Waals surface area contributed by atoms with Gasteiger partial charge in [-0.05, 0) is 30.7 Å². The van der Waals surface area contributed by atoms with E-state index in [1.54, 1.807) is 4.90 Å². The van der Waals surface area contributed by atoms with Gasteiger partial charge in [0.05, 0.1) is 11.5 Å². The number of sulfone groups is 1. The van der Waals surface area contributed by atoms with Gasteiger partial charge in [-0.15, -0.1) is 0 Å². The third-order valence-electron chi connectivity index (χ3n) is 4.30. The highest BCUT2D eigenvalue weighted by Crippen LogP contribution is 2.15. The van der Waals surface area contributed by atoms with Crippen molar-refractivity contribution in [3.05, 3.63) is 35.9 Å². The first kappa shape index (κ1) is 17.8. The van der Waals surface area contributed by atoms with Gasteiger partial charge in [-0.1, -0.05) is 37.3 Å². The van der Waals surface area contributed by atoms with Crippen molar-refractivity contribution in [1.82, 2.24) is 10.2 Å². The molecule has 0 atom stereocenters. The molecule has 0 aliphatic carbocycles. The maximum Gasteiger partial charge on any atom is 0.317 e. The lowest BCUT2D eigenvalue weighted by molar-refractivity contribution is 0.174. The van der Waals surface area contributed by atoms with Gasteiger partial charge >= 0.3 is 6.03 Å². The lowest BCUT2D eigenvalue weighted by Gasteiger charge is -2.30. The van der Waals surface area contributed by atoms with Crippen LogP contribution in [0.3, 0.4) is 0 Å². The molecule has 0 radical (unpaired) electrons. The van der Waals surface area contributed by atoms with Gasteiger partial charge in [0, 0.05) is 19.6 Å². The van der Waals surface area contributed by atoms with E-state index in [-0.39, 0.29) is 24.1 Å². The highest BCUT2D eigenvalue weighted by molar-refractivity contribution is 7.91. The van der Waals surface area contributed by atoms with Gasteiger partial charge in [0.2, 0.25) is 0 Å². The minimum absolute atomic E-state index is 0.00415. The molecule has 1 heterocycles. The van der Waals surface area contributed by atoms with E-state index in [1.807, 2.05) is 30.3 Å². The molecule has 128 valence electrons. The zero-order chi connectivity index (χ0) is 16.7. The molecular weight excluding hydrogens is 312 g/mol. The Morgan fingerprint density at radius 1 is 1.17 bits per heavy atom. The van der Waals surface area contributed by atoms with Crippen LogP contribution in [0.2, 0.25) is 0 Å². The number of carbonyl (C=O) groups excluding carboxylic acids is 1. The van der Waals surface area contributed by atoms with E-state index in [9.17, 15) is 13.2 Å². The summed E-state index contributed by atoms with van der Waals surface area (Å²) in [5.74, 6) is 0.779. The van der Waals surface area contributed by atoms with E-state index in [2.05, 4.69) is 12.2 Å². The number of hydrogen-bond acceptors (Lipinski definition) is 3. The molecular formula is C17H26N2O3S. The second-order valence-electron chi connectivity index (χ2n) is 6.29. The highest BCUT2D eigenvalue weighted by Gasteiger charge is 2.20. The number of piperidine rings is 1. The van der Waals surface area contributed by atoms with Gasteiger partial charge in [0.1, 0.15) is 0 Å². The number of amides is 2. The number of benzene rings is 1. The van der Waals surface area contributed by atoms with Crippen LogP contribution in [0, 0.1) is 5.92 Å². The summed E-state index contributed by atoms with van der Waals surface area (Å²) < 4.78 is 24.1. The van der Waals surface area contributed by atoms with Gasteiger partial charge in [-0.3, -0.25) is 0 Å². The second kappa shape index (κ2) is 8.34. The Hall–Kier alpha value is -1.56. The summed E-state index contributed by atoms with van der Waals surface area (Å²) in [4.78, 5) is 13.8. The van der Waals surface area contributed by atoms with Gasteiger partial charge in [0.25, 0.3) is 0 Å². The van der Waals surface area contributed by atoms with E-state index < -0.39 is 9.84 Å². The largest absolute Gasteiger partial charge is 0.337 e. The van der Waals surface area contributed by atoms with Crippen LogP contribution >= 0.6 is 0 Å². The van der Waals surface area contributed by atoms with Gasteiger partial charge in [0.15, 0.2) is 9.84 Å². The van der Waals surface area contributed by atoms with Crippen LogP contribution < -0.4 is 5.32 Å². The first-order valence-electron chi connectivity index (χ1n) is 8.23. The molecule has 1 N–H and O–H groups in total. The Morgan fingerprint density at radius 3 is 2.48 bits per heavy atom. The van der Waals surface area contributed by atoms with Crippen LogP contribution in [0.1, 0.15) is 25.3 Å². The molecule has 23 heavy (non-hydrogen) atoms. The summed E-state index contributed by atoms with van der Waals surface area (Å²) in [7, 11) is -3.15. The number of carbonyl (C=O) groups is 1. The van der Waals surface area contributed by atoms with Crippen molar-refractivity contribution < 1.29 is 13.2 Å². The van der Waals surface area contributed by atoms with Crippen molar-refractivity contribution in [1.29, 1.82) is 0 Å². The van der Waals surface area contributed by atoms with Crippen molar-refractivity contribution in [2.24, 2.45) is 5.92 Å². The standard InChI is InChI=1S/C17H26N2O3S/c1-15-7-11-19(12-8-15)17(20)18-10-14-23(21,22)13-9-16-5-3-2-4-6-16/h2-6,15H,7-14H2,1H3,(H,18,20). The van der Waals surface area contributed by atoms with E-state index in [0.29, 0.717) is 12.3 Å². The molecule has 6 heteroatoms. The van der Waals surface area contributed by atoms with Gasteiger partial charge in [-0.25, -0.2) is 13.2 Å². The number of urea groups is 1. The minimum atomic E-state index is -3.15.